The zero-order valence-corrected chi connectivity index (χ0v) is 16.3. The average Bonchev–Trinajstić information content (AvgIpc) is 2.65. The Morgan fingerprint density at radius 3 is 2.64 bits per heavy atom. The monoisotopic (exact) mass is 394 g/mol. The average molecular weight is 394 g/mol. The summed E-state index contributed by atoms with van der Waals surface area (Å²) in [5.41, 5.74) is 2.81. The molecular formula is C20H25F3N4O. The van der Waals surface area contributed by atoms with Crippen molar-refractivity contribution < 1.29 is 17.9 Å². The van der Waals surface area contributed by atoms with Crippen molar-refractivity contribution in [3.8, 4) is 5.75 Å². The molecule has 0 saturated carbocycles. The topological polar surface area (TPSA) is 50.3 Å². The van der Waals surface area contributed by atoms with Gasteiger partial charge in [-0.3, -0.25) is 0 Å². The SMILES string of the molecule is CCc1cc(N2CCc3cc(OC(F)(F)F)ccc3C2)nc(N[C@@H](C)CC)n1. The van der Waals surface area contributed by atoms with E-state index < -0.39 is 6.36 Å². The first kappa shape index (κ1) is 20.2. The molecule has 0 spiro atoms. The number of rotatable bonds is 6. The van der Waals surface area contributed by atoms with Gasteiger partial charge < -0.3 is 15.0 Å². The largest absolute Gasteiger partial charge is 0.573 e. The van der Waals surface area contributed by atoms with Gasteiger partial charge in [0, 0.05) is 30.9 Å². The molecule has 152 valence electrons. The number of halogens is 3. The Bertz CT molecular complexity index is 826. The Morgan fingerprint density at radius 1 is 1.18 bits per heavy atom. The van der Waals surface area contributed by atoms with Crippen LogP contribution >= 0.6 is 0 Å². The Labute approximate surface area is 162 Å². The van der Waals surface area contributed by atoms with Crippen LogP contribution in [0.5, 0.6) is 5.75 Å². The number of aromatic nitrogens is 2. The van der Waals surface area contributed by atoms with Gasteiger partial charge in [0.05, 0.1) is 0 Å². The molecular weight excluding hydrogens is 369 g/mol. The van der Waals surface area contributed by atoms with E-state index >= 15 is 0 Å². The van der Waals surface area contributed by atoms with Crippen LogP contribution in [0, 0.1) is 0 Å². The zero-order valence-electron chi connectivity index (χ0n) is 16.3. The maximum Gasteiger partial charge on any atom is 0.573 e. The lowest BCUT2D eigenvalue weighted by Crippen LogP contribution is -2.31. The third kappa shape index (κ3) is 5.05. The van der Waals surface area contributed by atoms with Gasteiger partial charge in [0.1, 0.15) is 11.6 Å². The molecule has 0 bridgehead atoms. The van der Waals surface area contributed by atoms with Gasteiger partial charge in [-0.15, -0.1) is 13.2 Å². The standard InChI is InChI=1S/C20H25F3N4O/c1-4-13(3)24-19-25-16(5-2)11-18(26-19)27-9-8-14-10-17(28-20(21,22)23)7-6-15(14)12-27/h6-7,10-11,13H,4-5,8-9,12H2,1-3H3,(H,24,25,26)/t13-/m0/s1. The highest BCUT2D eigenvalue weighted by molar-refractivity contribution is 5.49. The molecule has 1 aromatic heterocycles. The van der Waals surface area contributed by atoms with Crippen LogP contribution in [0.1, 0.15) is 44.0 Å². The molecule has 0 unspecified atom stereocenters. The Morgan fingerprint density at radius 2 is 1.96 bits per heavy atom. The van der Waals surface area contributed by atoms with Crippen LogP contribution in [-0.2, 0) is 19.4 Å². The minimum atomic E-state index is -4.68. The number of anilines is 2. The van der Waals surface area contributed by atoms with Crippen molar-refractivity contribution in [2.75, 3.05) is 16.8 Å². The molecule has 0 fully saturated rings. The molecule has 2 aromatic rings. The number of nitrogens with zero attached hydrogens (tertiary/aromatic N) is 3. The number of benzene rings is 1. The second-order valence-corrected chi connectivity index (χ2v) is 7.00. The van der Waals surface area contributed by atoms with Gasteiger partial charge in [0.15, 0.2) is 0 Å². The fourth-order valence-electron chi connectivity index (χ4n) is 3.14. The molecule has 0 aliphatic carbocycles. The second kappa shape index (κ2) is 8.24. The molecule has 0 saturated heterocycles. The van der Waals surface area contributed by atoms with Gasteiger partial charge in [-0.2, -0.15) is 4.98 Å². The zero-order chi connectivity index (χ0) is 20.3. The van der Waals surface area contributed by atoms with E-state index in [9.17, 15) is 13.2 Å². The minimum Gasteiger partial charge on any atom is -0.406 e. The summed E-state index contributed by atoms with van der Waals surface area (Å²) in [6.07, 6.45) is -2.28. The van der Waals surface area contributed by atoms with E-state index in [1.54, 1.807) is 6.07 Å². The molecule has 3 rings (SSSR count). The lowest BCUT2D eigenvalue weighted by molar-refractivity contribution is -0.274. The number of hydrogen-bond acceptors (Lipinski definition) is 5. The molecule has 2 heterocycles. The number of ether oxygens (including phenoxy) is 1. The van der Waals surface area contributed by atoms with E-state index in [4.69, 9.17) is 0 Å². The molecule has 1 aliphatic heterocycles. The molecule has 28 heavy (non-hydrogen) atoms. The molecule has 1 atom stereocenters. The molecule has 1 aromatic carbocycles. The normalized spacial score (nSPS) is 15.1. The molecule has 8 heteroatoms. The van der Waals surface area contributed by atoms with E-state index in [1.165, 1.54) is 12.1 Å². The summed E-state index contributed by atoms with van der Waals surface area (Å²) in [6.45, 7) is 7.49. The maximum atomic E-state index is 12.4. The van der Waals surface area contributed by atoms with E-state index in [1.807, 2.05) is 13.0 Å². The first-order valence-electron chi connectivity index (χ1n) is 9.54. The summed E-state index contributed by atoms with van der Waals surface area (Å²) in [5.74, 6) is 1.28. The summed E-state index contributed by atoms with van der Waals surface area (Å²) in [5, 5.41) is 3.32. The minimum absolute atomic E-state index is 0.171. The molecule has 1 N–H and O–H groups in total. The fraction of sp³-hybridized carbons (Fsp3) is 0.500. The number of hydrogen-bond donors (Lipinski definition) is 1. The van der Waals surface area contributed by atoms with Crippen molar-refractivity contribution in [3.63, 3.8) is 0 Å². The summed E-state index contributed by atoms with van der Waals surface area (Å²) >= 11 is 0. The lowest BCUT2D eigenvalue weighted by Gasteiger charge is -2.30. The first-order chi connectivity index (χ1) is 13.3. The fourth-order valence-corrected chi connectivity index (χ4v) is 3.14. The Balaban J connectivity index is 1.80. The van der Waals surface area contributed by atoms with Crippen molar-refractivity contribution in [1.29, 1.82) is 0 Å². The highest BCUT2D eigenvalue weighted by Crippen LogP contribution is 2.30. The number of nitrogens with one attached hydrogen (secondary N) is 1. The van der Waals surface area contributed by atoms with Gasteiger partial charge in [-0.1, -0.05) is 19.9 Å². The number of aryl methyl sites for hydroxylation is 1. The van der Waals surface area contributed by atoms with E-state index in [0.717, 1.165) is 35.5 Å². The number of alkyl halides is 3. The molecule has 0 amide bonds. The smallest absolute Gasteiger partial charge is 0.406 e. The first-order valence-corrected chi connectivity index (χ1v) is 9.54. The Kier molecular flexibility index (Phi) is 5.96. The van der Waals surface area contributed by atoms with E-state index in [0.29, 0.717) is 25.5 Å². The highest BCUT2D eigenvalue weighted by Gasteiger charge is 2.31. The summed E-state index contributed by atoms with van der Waals surface area (Å²) in [6, 6.07) is 6.79. The second-order valence-electron chi connectivity index (χ2n) is 7.00. The van der Waals surface area contributed by atoms with Gasteiger partial charge >= 0.3 is 6.36 Å². The predicted octanol–water partition coefficient (Wildman–Crippen LogP) is 4.71. The van der Waals surface area contributed by atoms with E-state index in [2.05, 4.69) is 38.8 Å². The quantitative estimate of drug-likeness (QED) is 0.769. The molecule has 5 nitrogen and oxygen atoms in total. The summed E-state index contributed by atoms with van der Waals surface area (Å²) in [7, 11) is 0. The van der Waals surface area contributed by atoms with Crippen LogP contribution in [0.4, 0.5) is 24.9 Å². The molecule has 0 radical (unpaired) electrons. The van der Waals surface area contributed by atoms with Crippen LogP contribution < -0.4 is 15.0 Å². The Hall–Kier alpha value is -2.51. The van der Waals surface area contributed by atoms with Crippen molar-refractivity contribution in [1.82, 2.24) is 9.97 Å². The van der Waals surface area contributed by atoms with Gasteiger partial charge in [0.2, 0.25) is 5.95 Å². The number of fused-ring (bicyclic) bond motifs is 1. The molecule has 1 aliphatic rings. The summed E-state index contributed by atoms with van der Waals surface area (Å²) in [4.78, 5) is 11.3. The van der Waals surface area contributed by atoms with Crippen molar-refractivity contribution in [2.45, 2.75) is 59.0 Å². The van der Waals surface area contributed by atoms with Gasteiger partial charge in [-0.25, -0.2) is 4.98 Å². The lowest BCUT2D eigenvalue weighted by atomic mass is 9.99. The predicted molar refractivity (Wildman–Crippen MR) is 103 cm³/mol. The van der Waals surface area contributed by atoms with Crippen molar-refractivity contribution in [3.05, 3.63) is 41.1 Å². The van der Waals surface area contributed by atoms with Crippen molar-refractivity contribution in [2.24, 2.45) is 0 Å². The third-order valence-electron chi connectivity index (χ3n) is 4.86. The van der Waals surface area contributed by atoms with Crippen molar-refractivity contribution >= 4 is 11.8 Å². The highest BCUT2D eigenvalue weighted by atomic mass is 19.4. The van der Waals surface area contributed by atoms with Crippen LogP contribution in [0.25, 0.3) is 0 Å². The van der Waals surface area contributed by atoms with Gasteiger partial charge in [-0.05, 0) is 49.4 Å². The summed E-state index contributed by atoms with van der Waals surface area (Å²) < 4.78 is 41.3. The van der Waals surface area contributed by atoms with Crippen LogP contribution in [-0.4, -0.2) is 28.9 Å². The van der Waals surface area contributed by atoms with Crippen LogP contribution in [0.15, 0.2) is 24.3 Å². The third-order valence-corrected chi connectivity index (χ3v) is 4.86. The van der Waals surface area contributed by atoms with Crippen LogP contribution in [0.3, 0.4) is 0 Å². The maximum absolute atomic E-state index is 12.4. The van der Waals surface area contributed by atoms with Crippen LogP contribution in [0.2, 0.25) is 0 Å². The van der Waals surface area contributed by atoms with E-state index in [-0.39, 0.29) is 11.8 Å². The van der Waals surface area contributed by atoms with Gasteiger partial charge in [0.25, 0.3) is 0 Å².